The molecule has 1 aromatic carbocycles. The highest BCUT2D eigenvalue weighted by molar-refractivity contribution is 6.07. The molecule has 2 unspecified atom stereocenters. The van der Waals surface area contributed by atoms with Gasteiger partial charge in [0.1, 0.15) is 0 Å². The molecule has 27 heavy (non-hydrogen) atoms. The normalized spacial score (nSPS) is 20.0. The van der Waals surface area contributed by atoms with Crippen molar-refractivity contribution < 1.29 is 4.79 Å². The van der Waals surface area contributed by atoms with Crippen molar-refractivity contribution in [1.82, 2.24) is 25.4 Å². The summed E-state index contributed by atoms with van der Waals surface area (Å²) < 4.78 is 1.75. The number of nitrogens with one attached hydrogen (secondary N) is 2. The van der Waals surface area contributed by atoms with E-state index >= 15 is 0 Å². The van der Waals surface area contributed by atoms with Crippen molar-refractivity contribution in [1.29, 1.82) is 0 Å². The van der Waals surface area contributed by atoms with E-state index in [1.54, 1.807) is 4.68 Å². The Kier molecular flexibility index (Phi) is 4.66. The number of pyridine rings is 1. The summed E-state index contributed by atoms with van der Waals surface area (Å²) in [6.07, 6.45) is 2.06. The number of rotatable bonds is 3. The van der Waals surface area contributed by atoms with Gasteiger partial charge in [0, 0.05) is 24.7 Å². The van der Waals surface area contributed by atoms with Crippen molar-refractivity contribution in [3.05, 3.63) is 47.7 Å². The van der Waals surface area contributed by atoms with Crippen LogP contribution in [0.5, 0.6) is 0 Å². The quantitative estimate of drug-likeness (QED) is 0.751. The molecule has 0 saturated carbocycles. The van der Waals surface area contributed by atoms with Crippen LogP contribution in [-0.2, 0) is 7.05 Å². The van der Waals surface area contributed by atoms with Crippen LogP contribution in [0.25, 0.3) is 22.3 Å². The maximum Gasteiger partial charge on any atom is 0.252 e. The third kappa shape index (κ3) is 3.32. The molecule has 0 spiro atoms. The number of nitrogens with zero attached hydrogens (tertiary/aromatic N) is 3. The topological polar surface area (TPSA) is 71.8 Å². The fourth-order valence-electron chi connectivity index (χ4n) is 3.87. The van der Waals surface area contributed by atoms with Gasteiger partial charge in [0.2, 0.25) is 0 Å². The van der Waals surface area contributed by atoms with E-state index < -0.39 is 0 Å². The minimum atomic E-state index is -0.0590. The van der Waals surface area contributed by atoms with Gasteiger partial charge in [-0.15, -0.1) is 0 Å². The van der Waals surface area contributed by atoms with Crippen molar-refractivity contribution in [2.75, 3.05) is 6.54 Å². The van der Waals surface area contributed by atoms with Gasteiger partial charge in [-0.1, -0.05) is 30.3 Å². The van der Waals surface area contributed by atoms with E-state index in [0.29, 0.717) is 5.56 Å². The zero-order valence-corrected chi connectivity index (χ0v) is 16.0. The molecule has 6 heteroatoms. The molecule has 2 aromatic heterocycles. The summed E-state index contributed by atoms with van der Waals surface area (Å²) in [5, 5.41) is 12.0. The lowest BCUT2D eigenvalue weighted by Gasteiger charge is -2.30. The van der Waals surface area contributed by atoms with Crippen LogP contribution in [0.2, 0.25) is 0 Å². The minimum Gasteiger partial charge on any atom is -0.348 e. The van der Waals surface area contributed by atoms with Gasteiger partial charge in [-0.3, -0.25) is 9.48 Å². The Hall–Kier alpha value is -2.73. The number of hydrogen-bond donors (Lipinski definition) is 2. The van der Waals surface area contributed by atoms with E-state index in [1.165, 1.54) is 0 Å². The summed E-state index contributed by atoms with van der Waals surface area (Å²) in [5.74, 6) is -0.0590. The lowest BCUT2D eigenvalue weighted by Crippen LogP contribution is -2.51. The first-order valence-corrected chi connectivity index (χ1v) is 9.48. The first-order chi connectivity index (χ1) is 13.0. The molecular formula is C21H25N5O. The number of benzene rings is 1. The molecule has 1 saturated heterocycles. The highest BCUT2D eigenvalue weighted by atomic mass is 16.1. The van der Waals surface area contributed by atoms with Gasteiger partial charge in [-0.25, -0.2) is 4.98 Å². The van der Waals surface area contributed by atoms with E-state index in [9.17, 15) is 4.79 Å². The smallest absolute Gasteiger partial charge is 0.252 e. The Balaban J connectivity index is 1.79. The summed E-state index contributed by atoms with van der Waals surface area (Å²) >= 11 is 0. The SMILES string of the molecule is Cc1nn(C)c2nc(-c3ccccc3)cc(C(=O)NC3CCCNC3C)c12. The second kappa shape index (κ2) is 7.12. The van der Waals surface area contributed by atoms with E-state index in [2.05, 4.69) is 22.7 Å². The number of fused-ring (bicyclic) bond motifs is 1. The van der Waals surface area contributed by atoms with Crippen LogP contribution in [0.1, 0.15) is 35.8 Å². The number of hydrogen-bond acceptors (Lipinski definition) is 4. The molecule has 4 rings (SSSR count). The standard InChI is InChI=1S/C21H25N5O/c1-13-17(10-7-11-22-13)24-21(27)16-12-18(15-8-5-4-6-9-15)23-20-19(16)14(2)25-26(20)3/h4-6,8-9,12-13,17,22H,7,10-11H2,1-3H3,(H,24,27). The Bertz CT molecular complexity index is 979. The van der Waals surface area contributed by atoms with Crippen molar-refractivity contribution >= 4 is 16.9 Å². The molecule has 1 fully saturated rings. The summed E-state index contributed by atoms with van der Waals surface area (Å²) in [5.41, 5.74) is 3.96. The van der Waals surface area contributed by atoms with Crippen LogP contribution in [0, 0.1) is 6.92 Å². The predicted octanol–water partition coefficient (Wildman–Crippen LogP) is 2.81. The van der Waals surface area contributed by atoms with Crippen LogP contribution < -0.4 is 10.6 Å². The molecule has 2 atom stereocenters. The van der Waals surface area contributed by atoms with Gasteiger partial charge >= 0.3 is 0 Å². The molecule has 1 amide bonds. The van der Waals surface area contributed by atoms with Gasteiger partial charge in [-0.2, -0.15) is 5.10 Å². The summed E-state index contributed by atoms with van der Waals surface area (Å²) in [7, 11) is 1.87. The first kappa shape index (κ1) is 17.7. The van der Waals surface area contributed by atoms with Crippen molar-refractivity contribution in [3.8, 4) is 11.3 Å². The molecule has 1 aliphatic rings. The third-order valence-corrected chi connectivity index (χ3v) is 5.36. The third-order valence-electron chi connectivity index (χ3n) is 5.36. The predicted molar refractivity (Wildman–Crippen MR) is 107 cm³/mol. The second-order valence-corrected chi connectivity index (χ2v) is 7.29. The molecule has 6 nitrogen and oxygen atoms in total. The Labute approximate surface area is 159 Å². The molecule has 0 bridgehead atoms. The largest absolute Gasteiger partial charge is 0.348 e. The highest BCUT2D eigenvalue weighted by Crippen LogP contribution is 2.27. The Morgan fingerprint density at radius 2 is 2.07 bits per heavy atom. The van der Waals surface area contributed by atoms with Gasteiger partial charge in [0.25, 0.3) is 5.91 Å². The van der Waals surface area contributed by atoms with Gasteiger partial charge in [0.15, 0.2) is 5.65 Å². The summed E-state index contributed by atoms with van der Waals surface area (Å²) in [6, 6.07) is 12.2. The molecule has 2 N–H and O–H groups in total. The molecule has 3 heterocycles. The van der Waals surface area contributed by atoms with Gasteiger partial charge in [-0.05, 0) is 39.3 Å². The van der Waals surface area contributed by atoms with Gasteiger partial charge < -0.3 is 10.6 Å². The molecule has 140 valence electrons. The van der Waals surface area contributed by atoms with E-state index in [-0.39, 0.29) is 18.0 Å². The fourth-order valence-corrected chi connectivity index (χ4v) is 3.87. The van der Waals surface area contributed by atoms with E-state index in [0.717, 1.165) is 47.4 Å². The number of amides is 1. The van der Waals surface area contributed by atoms with Crippen LogP contribution in [0.15, 0.2) is 36.4 Å². The average molecular weight is 363 g/mol. The van der Waals surface area contributed by atoms with Crippen molar-refractivity contribution in [2.24, 2.45) is 7.05 Å². The monoisotopic (exact) mass is 363 g/mol. The first-order valence-electron chi connectivity index (χ1n) is 9.48. The highest BCUT2D eigenvalue weighted by Gasteiger charge is 2.25. The molecule has 1 aliphatic heterocycles. The van der Waals surface area contributed by atoms with Crippen LogP contribution in [0.4, 0.5) is 0 Å². The lowest BCUT2D eigenvalue weighted by atomic mass is 9.98. The molecular weight excluding hydrogens is 338 g/mol. The zero-order chi connectivity index (χ0) is 19.0. The minimum absolute atomic E-state index is 0.0590. The summed E-state index contributed by atoms with van der Waals surface area (Å²) in [4.78, 5) is 18.0. The maximum atomic E-state index is 13.2. The lowest BCUT2D eigenvalue weighted by molar-refractivity contribution is 0.0921. The number of carbonyl (C=O) groups is 1. The second-order valence-electron chi connectivity index (χ2n) is 7.29. The van der Waals surface area contributed by atoms with Crippen LogP contribution in [0.3, 0.4) is 0 Å². The molecule has 0 radical (unpaired) electrons. The number of carbonyl (C=O) groups excluding carboxylic acids is 1. The number of aromatic nitrogens is 3. The van der Waals surface area contributed by atoms with Crippen molar-refractivity contribution in [3.63, 3.8) is 0 Å². The number of piperidine rings is 1. The fraction of sp³-hybridized carbons (Fsp3) is 0.381. The summed E-state index contributed by atoms with van der Waals surface area (Å²) in [6.45, 7) is 5.05. The molecule has 0 aliphatic carbocycles. The van der Waals surface area contributed by atoms with Crippen molar-refractivity contribution in [2.45, 2.75) is 38.8 Å². The van der Waals surface area contributed by atoms with Crippen LogP contribution >= 0.6 is 0 Å². The Morgan fingerprint density at radius 1 is 1.30 bits per heavy atom. The Morgan fingerprint density at radius 3 is 2.81 bits per heavy atom. The maximum absolute atomic E-state index is 13.2. The number of aryl methyl sites for hydroxylation is 2. The van der Waals surface area contributed by atoms with Gasteiger partial charge in [0.05, 0.1) is 22.3 Å². The average Bonchev–Trinajstić information content (AvgIpc) is 2.97. The molecule has 3 aromatic rings. The van der Waals surface area contributed by atoms with E-state index in [1.807, 2.05) is 50.4 Å². The van der Waals surface area contributed by atoms with Crippen LogP contribution in [-0.4, -0.2) is 39.3 Å². The van der Waals surface area contributed by atoms with E-state index in [4.69, 9.17) is 4.98 Å². The zero-order valence-electron chi connectivity index (χ0n) is 16.0.